The minimum atomic E-state index is 0.125. The zero-order valence-electron chi connectivity index (χ0n) is 14.5. The minimum absolute atomic E-state index is 0.125. The molecule has 1 aromatic carbocycles. The molecule has 0 radical (unpaired) electrons. The van der Waals surface area contributed by atoms with Crippen LogP contribution in [0.25, 0.3) is 0 Å². The van der Waals surface area contributed by atoms with Crippen molar-refractivity contribution >= 4 is 22.4 Å². The van der Waals surface area contributed by atoms with E-state index in [0.29, 0.717) is 12.3 Å². The van der Waals surface area contributed by atoms with Gasteiger partial charge in [0.2, 0.25) is 5.91 Å². The molecule has 1 amide bonds. The van der Waals surface area contributed by atoms with Crippen molar-refractivity contribution in [2.75, 3.05) is 11.9 Å². The third-order valence-corrected chi connectivity index (χ3v) is 6.15. The lowest BCUT2D eigenvalue weighted by atomic mass is 10.00. The van der Waals surface area contributed by atoms with E-state index in [-0.39, 0.29) is 5.91 Å². The van der Waals surface area contributed by atoms with Crippen molar-refractivity contribution in [3.8, 4) is 0 Å². The number of rotatable bonds is 5. The van der Waals surface area contributed by atoms with E-state index in [1.54, 1.807) is 11.3 Å². The fraction of sp³-hybridized carbons (Fsp3) is 0.500. The summed E-state index contributed by atoms with van der Waals surface area (Å²) in [6.07, 6.45) is 6.71. The Hall–Kier alpha value is -1.72. The second-order valence-electron chi connectivity index (χ2n) is 7.28. The highest BCUT2D eigenvalue weighted by atomic mass is 32.1. The Kier molecular flexibility index (Phi) is 5.13. The summed E-state index contributed by atoms with van der Waals surface area (Å²) in [6.45, 7) is 2.90. The molecular weight excluding hydrogens is 330 g/mol. The van der Waals surface area contributed by atoms with E-state index >= 15 is 0 Å². The molecule has 1 N–H and O–H groups in total. The number of aromatic nitrogens is 1. The summed E-state index contributed by atoms with van der Waals surface area (Å²) in [5, 5.41) is 5.81. The highest BCUT2D eigenvalue weighted by Crippen LogP contribution is 2.28. The van der Waals surface area contributed by atoms with Gasteiger partial charge in [-0.1, -0.05) is 37.1 Å². The average Bonchev–Trinajstić information content (AvgIpc) is 3.27. The number of carbonyl (C=O) groups excluding carboxylic acids is 1. The monoisotopic (exact) mass is 355 g/mol. The normalized spacial score (nSPS) is 18.2. The standard InChI is InChI=1S/C20H25N3OS/c24-19(11-15-5-1-2-6-15)22-20-21-18(14-25-20)13-23-10-9-16-7-3-4-8-17(16)12-23/h3-4,7-8,14-15H,1-2,5-6,9-13H2,(H,21,22,24). The fourth-order valence-corrected chi connectivity index (χ4v) is 4.72. The SMILES string of the molecule is O=C(CC1CCCC1)Nc1nc(CN2CCc3ccccc3C2)cs1. The van der Waals surface area contributed by atoms with Gasteiger partial charge in [-0.3, -0.25) is 9.69 Å². The lowest BCUT2D eigenvalue weighted by Gasteiger charge is -2.27. The number of benzene rings is 1. The van der Waals surface area contributed by atoms with Crippen LogP contribution in [0.15, 0.2) is 29.6 Å². The predicted molar refractivity (Wildman–Crippen MR) is 102 cm³/mol. The molecule has 1 aliphatic carbocycles. The van der Waals surface area contributed by atoms with Crippen LogP contribution in [0, 0.1) is 5.92 Å². The van der Waals surface area contributed by atoms with Gasteiger partial charge in [-0.2, -0.15) is 0 Å². The summed E-state index contributed by atoms with van der Waals surface area (Å²) in [5.74, 6) is 0.701. The summed E-state index contributed by atoms with van der Waals surface area (Å²) >= 11 is 1.54. The summed E-state index contributed by atoms with van der Waals surface area (Å²) in [6, 6.07) is 8.68. The van der Waals surface area contributed by atoms with E-state index in [4.69, 9.17) is 0 Å². The zero-order chi connectivity index (χ0) is 17.1. The first-order valence-electron chi connectivity index (χ1n) is 9.29. The number of nitrogens with one attached hydrogen (secondary N) is 1. The van der Waals surface area contributed by atoms with E-state index in [1.807, 2.05) is 0 Å². The number of carbonyl (C=O) groups is 1. The third kappa shape index (κ3) is 4.28. The van der Waals surface area contributed by atoms with Gasteiger partial charge in [-0.25, -0.2) is 4.98 Å². The quantitative estimate of drug-likeness (QED) is 0.873. The topological polar surface area (TPSA) is 45.2 Å². The first kappa shape index (κ1) is 16.7. The van der Waals surface area contributed by atoms with Crippen LogP contribution in [-0.4, -0.2) is 22.3 Å². The summed E-state index contributed by atoms with van der Waals surface area (Å²) in [5.41, 5.74) is 3.95. The molecule has 4 nitrogen and oxygen atoms in total. The fourth-order valence-electron chi connectivity index (χ4n) is 4.00. The molecule has 1 aliphatic heterocycles. The van der Waals surface area contributed by atoms with Gasteiger partial charge < -0.3 is 5.32 Å². The van der Waals surface area contributed by atoms with E-state index < -0.39 is 0 Å². The van der Waals surface area contributed by atoms with Crippen LogP contribution in [0.4, 0.5) is 5.13 Å². The van der Waals surface area contributed by atoms with Gasteiger partial charge >= 0.3 is 0 Å². The molecule has 0 saturated heterocycles. The lowest BCUT2D eigenvalue weighted by molar-refractivity contribution is -0.117. The Morgan fingerprint density at radius 3 is 2.88 bits per heavy atom. The van der Waals surface area contributed by atoms with Crippen LogP contribution < -0.4 is 5.32 Å². The van der Waals surface area contributed by atoms with Crippen molar-refractivity contribution in [1.82, 2.24) is 9.88 Å². The Morgan fingerprint density at radius 2 is 2.04 bits per heavy atom. The van der Waals surface area contributed by atoms with E-state index in [2.05, 4.69) is 44.8 Å². The van der Waals surface area contributed by atoms with Crippen molar-refractivity contribution < 1.29 is 4.79 Å². The van der Waals surface area contributed by atoms with Gasteiger partial charge in [0, 0.05) is 31.4 Å². The van der Waals surface area contributed by atoms with Gasteiger partial charge in [0.05, 0.1) is 5.69 Å². The van der Waals surface area contributed by atoms with Crippen molar-refractivity contribution in [3.05, 3.63) is 46.5 Å². The summed E-state index contributed by atoms with van der Waals surface area (Å²) in [7, 11) is 0. The smallest absolute Gasteiger partial charge is 0.226 e. The molecule has 132 valence electrons. The number of anilines is 1. The Labute approximate surface area is 153 Å². The van der Waals surface area contributed by atoms with Gasteiger partial charge in [-0.05, 0) is 36.3 Å². The molecule has 2 heterocycles. The average molecular weight is 356 g/mol. The van der Waals surface area contributed by atoms with E-state index in [0.717, 1.165) is 36.9 Å². The molecule has 0 bridgehead atoms. The van der Waals surface area contributed by atoms with E-state index in [9.17, 15) is 4.79 Å². The molecule has 1 saturated carbocycles. The van der Waals surface area contributed by atoms with Gasteiger partial charge in [0.15, 0.2) is 5.13 Å². The van der Waals surface area contributed by atoms with Crippen LogP contribution in [0.3, 0.4) is 0 Å². The molecule has 1 aromatic heterocycles. The van der Waals surface area contributed by atoms with Gasteiger partial charge in [0.25, 0.3) is 0 Å². The van der Waals surface area contributed by atoms with Crippen molar-refractivity contribution in [2.45, 2.75) is 51.6 Å². The molecule has 5 heteroatoms. The van der Waals surface area contributed by atoms with Crippen molar-refractivity contribution in [3.63, 3.8) is 0 Å². The molecule has 0 spiro atoms. The zero-order valence-corrected chi connectivity index (χ0v) is 15.4. The Balaban J connectivity index is 1.30. The molecule has 0 unspecified atom stereocenters. The number of hydrogen-bond acceptors (Lipinski definition) is 4. The largest absolute Gasteiger partial charge is 0.302 e. The maximum Gasteiger partial charge on any atom is 0.226 e. The molecule has 2 aromatic rings. The first-order chi connectivity index (χ1) is 12.3. The predicted octanol–water partition coefficient (Wildman–Crippen LogP) is 4.22. The summed E-state index contributed by atoms with van der Waals surface area (Å²) < 4.78 is 0. The maximum atomic E-state index is 12.2. The summed E-state index contributed by atoms with van der Waals surface area (Å²) in [4.78, 5) is 19.2. The second kappa shape index (κ2) is 7.67. The Bertz CT molecular complexity index is 736. The minimum Gasteiger partial charge on any atom is -0.302 e. The molecule has 2 aliphatic rings. The second-order valence-corrected chi connectivity index (χ2v) is 8.13. The van der Waals surface area contributed by atoms with Crippen LogP contribution in [0.2, 0.25) is 0 Å². The van der Waals surface area contributed by atoms with Crippen molar-refractivity contribution in [2.24, 2.45) is 5.92 Å². The van der Waals surface area contributed by atoms with Crippen molar-refractivity contribution in [1.29, 1.82) is 0 Å². The molecule has 0 atom stereocenters. The number of nitrogens with zero attached hydrogens (tertiary/aromatic N) is 2. The molecule has 4 rings (SSSR count). The maximum absolute atomic E-state index is 12.2. The van der Waals surface area contributed by atoms with Crippen LogP contribution in [-0.2, 0) is 24.3 Å². The molecule has 25 heavy (non-hydrogen) atoms. The number of hydrogen-bond donors (Lipinski definition) is 1. The van der Waals surface area contributed by atoms with Crippen LogP contribution >= 0.6 is 11.3 Å². The first-order valence-corrected chi connectivity index (χ1v) is 10.2. The van der Waals surface area contributed by atoms with Gasteiger partial charge in [0.1, 0.15) is 0 Å². The highest BCUT2D eigenvalue weighted by Gasteiger charge is 2.20. The van der Waals surface area contributed by atoms with Gasteiger partial charge in [-0.15, -0.1) is 11.3 Å². The van der Waals surface area contributed by atoms with Crippen LogP contribution in [0.5, 0.6) is 0 Å². The number of thiazole rings is 1. The molecule has 1 fully saturated rings. The third-order valence-electron chi connectivity index (χ3n) is 5.34. The lowest BCUT2D eigenvalue weighted by Crippen LogP contribution is -2.30. The Morgan fingerprint density at radius 1 is 1.24 bits per heavy atom. The van der Waals surface area contributed by atoms with E-state index in [1.165, 1.54) is 36.8 Å². The van der Waals surface area contributed by atoms with Crippen LogP contribution in [0.1, 0.15) is 48.9 Å². The highest BCUT2D eigenvalue weighted by molar-refractivity contribution is 7.13. The number of amides is 1. The number of fused-ring (bicyclic) bond motifs is 1. The molecular formula is C20H25N3OS.